The molecular weight excluding hydrogens is 382 g/mol. The van der Waals surface area contributed by atoms with Crippen LogP contribution in [0.2, 0.25) is 0 Å². The molecule has 2 amide bonds. The minimum atomic E-state index is -0.329. The number of pyridine rings is 1. The van der Waals surface area contributed by atoms with Crippen molar-refractivity contribution in [1.29, 1.82) is 0 Å². The van der Waals surface area contributed by atoms with E-state index in [0.29, 0.717) is 22.7 Å². The van der Waals surface area contributed by atoms with E-state index >= 15 is 0 Å². The molecule has 0 saturated carbocycles. The molecule has 0 unspecified atom stereocenters. The summed E-state index contributed by atoms with van der Waals surface area (Å²) in [6.07, 6.45) is 1.63. The highest BCUT2D eigenvalue weighted by molar-refractivity contribution is 6.05. The maximum absolute atomic E-state index is 12.5. The van der Waals surface area contributed by atoms with Gasteiger partial charge in [0.25, 0.3) is 11.5 Å². The molecule has 0 bridgehead atoms. The second-order valence-electron chi connectivity index (χ2n) is 6.96. The summed E-state index contributed by atoms with van der Waals surface area (Å²) < 4.78 is 6.63. The minimum absolute atomic E-state index is 0.0874. The zero-order valence-corrected chi connectivity index (χ0v) is 17.1. The number of hydrogen-bond donors (Lipinski definition) is 2. The first-order chi connectivity index (χ1) is 14.4. The molecule has 7 heteroatoms. The number of aryl methyl sites for hydroxylation is 2. The number of anilines is 2. The Morgan fingerprint density at radius 3 is 2.33 bits per heavy atom. The lowest BCUT2D eigenvalue weighted by molar-refractivity contribution is -0.116. The number of rotatable bonds is 6. The van der Waals surface area contributed by atoms with Gasteiger partial charge < -0.3 is 19.9 Å². The normalized spacial score (nSPS) is 10.4. The molecule has 0 spiro atoms. The van der Waals surface area contributed by atoms with Crippen LogP contribution in [-0.2, 0) is 11.3 Å². The van der Waals surface area contributed by atoms with Crippen LogP contribution in [0.5, 0.6) is 5.75 Å². The Morgan fingerprint density at radius 2 is 1.63 bits per heavy atom. The number of benzene rings is 2. The third-order valence-electron chi connectivity index (χ3n) is 4.48. The molecule has 0 fully saturated rings. The van der Waals surface area contributed by atoms with Gasteiger partial charge >= 0.3 is 0 Å². The first kappa shape index (κ1) is 20.9. The summed E-state index contributed by atoms with van der Waals surface area (Å²) in [5.41, 5.74) is 3.20. The van der Waals surface area contributed by atoms with Crippen molar-refractivity contribution in [3.05, 3.63) is 87.8 Å². The highest BCUT2D eigenvalue weighted by atomic mass is 16.5. The molecule has 7 nitrogen and oxygen atoms in total. The molecule has 2 aromatic carbocycles. The first-order valence-electron chi connectivity index (χ1n) is 9.39. The average Bonchev–Trinajstić information content (AvgIpc) is 2.71. The minimum Gasteiger partial charge on any atom is -0.495 e. The van der Waals surface area contributed by atoms with Gasteiger partial charge in [-0.2, -0.15) is 0 Å². The summed E-state index contributed by atoms with van der Waals surface area (Å²) in [7, 11) is 1.54. The van der Waals surface area contributed by atoms with Crippen molar-refractivity contribution in [3.63, 3.8) is 0 Å². The van der Waals surface area contributed by atoms with Crippen molar-refractivity contribution in [2.75, 3.05) is 17.7 Å². The molecule has 3 aromatic rings. The fraction of sp³-hybridized carbons (Fsp3) is 0.174. The maximum atomic E-state index is 12.5. The fourth-order valence-corrected chi connectivity index (χ4v) is 2.95. The van der Waals surface area contributed by atoms with Crippen molar-refractivity contribution >= 4 is 23.2 Å². The zero-order chi connectivity index (χ0) is 21.7. The fourth-order valence-electron chi connectivity index (χ4n) is 2.95. The lowest BCUT2D eigenvalue weighted by Gasteiger charge is -2.12. The predicted octanol–water partition coefficient (Wildman–Crippen LogP) is 3.36. The first-order valence-corrected chi connectivity index (χ1v) is 9.39. The number of aromatic nitrogens is 1. The second-order valence-corrected chi connectivity index (χ2v) is 6.96. The number of nitrogens with zero attached hydrogens (tertiary/aromatic N) is 1. The Balaban J connectivity index is 1.65. The number of methoxy groups -OCH3 is 1. The molecular formula is C23H23N3O4. The summed E-state index contributed by atoms with van der Waals surface area (Å²) in [6, 6.07) is 15.2. The summed E-state index contributed by atoms with van der Waals surface area (Å²) in [5.74, 6) is -0.0447. The number of carbonyl (C=O) groups is 2. The van der Waals surface area contributed by atoms with Crippen LogP contribution in [-0.4, -0.2) is 23.5 Å². The zero-order valence-electron chi connectivity index (χ0n) is 17.1. The Bertz CT molecular complexity index is 1130. The van der Waals surface area contributed by atoms with Crippen LogP contribution in [0, 0.1) is 13.8 Å². The highest BCUT2D eigenvalue weighted by Crippen LogP contribution is 2.25. The molecule has 3 rings (SSSR count). The van der Waals surface area contributed by atoms with Gasteiger partial charge in [-0.3, -0.25) is 14.4 Å². The molecule has 0 saturated heterocycles. The third kappa shape index (κ3) is 5.14. The van der Waals surface area contributed by atoms with E-state index < -0.39 is 0 Å². The van der Waals surface area contributed by atoms with Gasteiger partial charge in [0.15, 0.2) is 0 Å². The number of hydrogen-bond acceptors (Lipinski definition) is 4. The van der Waals surface area contributed by atoms with Gasteiger partial charge in [-0.1, -0.05) is 12.1 Å². The lowest BCUT2D eigenvalue weighted by atomic mass is 10.1. The molecule has 0 aliphatic heterocycles. The standard InChI is InChI=1S/C23H23N3O4/c1-15-4-10-20(30-3)19(12-15)25-23(29)17-6-8-18(9-7-17)24-21(27)14-26-13-16(2)5-11-22(26)28/h4-13H,14H2,1-3H3,(H,24,27)(H,25,29). The van der Waals surface area contributed by atoms with Crippen molar-refractivity contribution in [1.82, 2.24) is 4.57 Å². The van der Waals surface area contributed by atoms with E-state index in [-0.39, 0.29) is 23.9 Å². The van der Waals surface area contributed by atoms with E-state index in [1.54, 1.807) is 49.7 Å². The van der Waals surface area contributed by atoms with Crippen molar-refractivity contribution in [3.8, 4) is 5.75 Å². The van der Waals surface area contributed by atoms with Crippen LogP contribution in [0.25, 0.3) is 0 Å². The van der Waals surface area contributed by atoms with Crippen LogP contribution in [0.15, 0.2) is 65.6 Å². The van der Waals surface area contributed by atoms with Crippen LogP contribution < -0.4 is 20.9 Å². The van der Waals surface area contributed by atoms with Gasteiger partial charge in [0, 0.05) is 23.5 Å². The number of ether oxygens (including phenoxy) is 1. The quantitative estimate of drug-likeness (QED) is 0.658. The average molecular weight is 405 g/mol. The number of amides is 2. The Labute approximate surface area is 174 Å². The van der Waals surface area contributed by atoms with Crippen molar-refractivity contribution in [2.45, 2.75) is 20.4 Å². The molecule has 154 valence electrons. The van der Waals surface area contributed by atoms with Gasteiger partial charge in [0.1, 0.15) is 12.3 Å². The molecule has 0 atom stereocenters. The van der Waals surface area contributed by atoms with Gasteiger partial charge in [-0.05, 0) is 61.4 Å². The van der Waals surface area contributed by atoms with E-state index in [9.17, 15) is 14.4 Å². The second kappa shape index (κ2) is 9.09. The van der Waals surface area contributed by atoms with Crippen LogP contribution in [0.4, 0.5) is 11.4 Å². The monoisotopic (exact) mass is 405 g/mol. The number of carbonyl (C=O) groups excluding carboxylic acids is 2. The largest absolute Gasteiger partial charge is 0.495 e. The van der Waals surface area contributed by atoms with Crippen LogP contribution >= 0.6 is 0 Å². The van der Waals surface area contributed by atoms with Crippen LogP contribution in [0.1, 0.15) is 21.5 Å². The maximum Gasteiger partial charge on any atom is 0.255 e. The summed E-state index contributed by atoms with van der Waals surface area (Å²) in [6.45, 7) is 3.69. The molecule has 1 heterocycles. The van der Waals surface area contributed by atoms with Crippen molar-refractivity contribution in [2.24, 2.45) is 0 Å². The van der Waals surface area contributed by atoms with Crippen LogP contribution in [0.3, 0.4) is 0 Å². The highest BCUT2D eigenvalue weighted by Gasteiger charge is 2.11. The molecule has 2 N–H and O–H groups in total. The van der Waals surface area contributed by atoms with Gasteiger partial charge in [0.2, 0.25) is 5.91 Å². The Morgan fingerprint density at radius 1 is 0.933 bits per heavy atom. The topological polar surface area (TPSA) is 89.4 Å². The van der Waals surface area contributed by atoms with Gasteiger partial charge in [-0.15, -0.1) is 0 Å². The van der Waals surface area contributed by atoms with E-state index in [2.05, 4.69) is 10.6 Å². The SMILES string of the molecule is COc1ccc(C)cc1NC(=O)c1ccc(NC(=O)Cn2cc(C)ccc2=O)cc1. The number of nitrogens with one attached hydrogen (secondary N) is 2. The van der Waals surface area contributed by atoms with Gasteiger partial charge in [-0.25, -0.2) is 0 Å². The molecule has 0 radical (unpaired) electrons. The third-order valence-corrected chi connectivity index (χ3v) is 4.48. The van der Waals surface area contributed by atoms with E-state index in [1.165, 1.54) is 10.6 Å². The smallest absolute Gasteiger partial charge is 0.255 e. The molecule has 1 aromatic heterocycles. The Hall–Kier alpha value is -3.87. The van der Waals surface area contributed by atoms with E-state index in [4.69, 9.17) is 4.74 Å². The lowest BCUT2D eigenvalue weighted by Crippen LogP contribution is -2.26. The summed E-state index contributed by atoms with van der Waals surface area (Å²) in [5, 5.41) is 5.56. The van der Waals surface area contributed by atoms with Crippen molar-refractivity contribution < 1.29 is 14.3 Å². The molecule has 0 aliphatic rings. The summed E-state index contributed by atoms with van der Waals surface area (Å²) >= 11 is 0. The molecule has 0 aliphatic carbocycles. The Kier molecular flexibility index (Phi) is 6.32. The van der Waals surface area contributed by atoms with E-state index in [0.717, 1.165) is 11.1 Å². The summed E-state index contributed by atoms with van der Waals surface area (Å²) in [4.78, 5) is 36.6. The molecule has 30 heavy (non-hydrogen) atoms. The predicted molar refractivity (Wildman–Crippen MR) is 116 cm³/mol. The van der Waals surface area contributed by atoms with Gasteiger partial charge in [0.05, 0.1) is 12.8 Å². The van der Waals surface area contributed by atoms with E-state index in [1.807, 2.05) is 26.0 Å².